The number of aryl methyl sites for hydroxylation is 2. The molecule has 8 nitrogen and oxygen atoms in total. The highest BCUT2D eigenvalue weighted by Crippen LogP contribution is 2.23. The largest absolute Gasteiger partial charge is 0.378 e. The highest BCUT2D eigenvalue weighted by molar-refractivity contribution is 7.92. The maximum Gasteiger partial charge on any atom is 0.261 e. The highest BCUT2D eigenvalue weighted by atomic mass is 32.2. The summed E-state index contributed by atoms with van der Waals surface area (Å²) in [6.07, 6.45) is 0. The van der Waals surface area contributed by atoms with Gasteiger partial charge in [0.1, 0.15) is 17.5 Å². The van der Waals surface area contributed by atoms with Gasteiger partial charge >= 0.3 is 0 Å². The zero-order valence-electron chi connectivity index (χ0n) is 17.5. The number of morpholine rings is 1. The number of nitrogens with zero attached hydrogens (tertiary/aromatic N) is 3. The van der Waals surface area contributed by atoms with Crippen LogP contribution in [-0.4, -0.2) is 44.7 Å². The Labute approximate surface area is 182 Å². The lowest BCUT2D eigenvalue weighted by Gasteiger charge is -2.28. The van der Waals surface area contributed by atoms with E-state index in [4.69, 9.17) is 4.74 Å². The van der Waals surface area contributed by atoms with Crippen molar-refractivity contribution in [3.63, 3.8) is 0 Å². The fourth-order valence-electron chi connectivity index (χ4n) is 3.34. The lowest BCUT2D eigenvalue weighted by Crippen LogP contribution is -2.36. The first-order valence-corrected chi connectivity index (χ1v) is 11.5. The molecule has 0 saturated carbocycles. The molecule has 1 saturated heterocycles. The quantitative estimate of drug-likeness (QED) is 0.607. The SMILES string of the molecule is Cc1cccc(S(=O)(=O)Nc2ccc(Nc3cc(N4CCOCC4)nc(C)n3)cc2)c1. The molecule has 1 fully saturated rings. The summed E-state index contributed by atoms with van der Waals surface area (Å²) in [4.78, 5) is 11.4. The van der Waals surface area contributed by atoms with E-state index in [9.17, 15) is 8.42 Å². The van der Waals surface area contributed by atoms with Crippen molar-refractivity contribution in [2.45, 2.75) is 18.7 Å². The van der Waals surface area contributed by atoms with E-state index in [1.54, 1.807) is 42.5 Å². The average molecular weight is 440 g/mol. The van der Waals surface area contributed by atoms with Crippen LogP contribution >= 0.6 is 0 Å². The van der Waals surface area contributed by atoms with Crippen molar-refractivity contribution in [3.8, 4) is 0 Å². The molecule has 0 radical (unpaired) electrons. The Hall–Kier alpha value is -3.17. The van der Waals surface area contributed by atoms with Crippen molar-refractivity contribution in [2.75, 3.05) is 41.2 Å². The topological polar surface area (TPSA) is 96.5 Å². The lowest BCUT2D eigenvalue weighted by molar-refractivity contribution is 0.122. The Kier molecular flexibility index (Phi) is 6.06. The predicted octanol–water partition coefficient (Wildman–Crippen LogP) is 3.47. The Morgan fingerprint density at radius 3 is 2.35 bits per heavy atom. The van der Waals surface area contributed by atoms with Crippen molar-refractivity contribution < 1.29 is 13.2 Å². The van der Waals surface area contributed by atoms with Crippen LogP contribution in [0.3, 0.4) is 0 Å². The van der Waals surface area contributed by atoms with Crippen molar-refractivity contribution >= 4 is 33.0 Å². The minimum absolute atomic E-state index is 0.238. The van der Waals surface area contributed by atoms with Gasteiger partial charge < -0.3 is 15.0 Å². The van der Waals surface area contributed by atoms with Gasteiger partial charge in [0, 0.05) is 30.5 Å². The molecule has 1 aliphatic rings. The van der Waals surface area contributed by atoms with E-state index in [1.165, 1.54) is 0 Å². The number of sulfonamides is 1. The first-order chi connectivity index (χ1) is 14.9. The summed E-state index contributed by atoms with van der Waals surface area (Å²) in [6.45, 7) is 6.69. The fraction of sp³-hybridized carbons (Fsp3) is 0.273. The van der Waals surface area contributed by atoms with Crippen LogP contribution < -0.4 is 14.9 Å². The van der Waals surface area contributed by atoms with E-state index in [0.717, 1.165) is 30.2 Å². The second-order valence-corrected chi connectivity index (χ2v) is 9.06. The normalized spacial score (nSPS) is 14.3. The third-order valence-electron chi connectivity index (χ3n) is 4.87. The van der Waals surface area contributed by atoms with Crippen LogP contribution in [0.2, 0.25) is 0 Å². The van der Waals surface area contributed by atoms with Crippen molar-refractivity contribution in [1.82, 2.24) is 9.97 Å². The highest BCUT2D eigenvalue weighted by Gasteiger charge is 2.15. The molecule has 9 heteroatoms. The minimum atomic E-state index is -3.64. The third-order valence-corrected chi connectivity index (χ3v) is 6.25. The average Bonchev–Trinajstić information content (AvgIpc) is 2.75. The molecule has 0 amide bonds. The number of nitrogens with one attached hydrogen (secondary N) is 2. The van der Waals surface area contributed by atoms with Gasteiger partial charge in [0.2, 0.25) is 0 Å². The molecule has 4 rings (SSSR count). The van der Waals surface area contributed by atoms with Gasteiger partial charge in [-0.05, 0) is 55.8 Å². The van der Waals surface area contributed by atoms with Crippen LogP contribution in [0, 0.1) is 13.8 Å². The summed E-state index contributed by atoms with van der Waals surface area (Å²) < 4.78 is 33.2. The van der Waals surface area contributed by atoms with Gasteiger partial charge in [-0.1, -0.05) is 12.1 Å². The smallest absolute Gasteiger partial charge is 0.261 e. The van der Waals surface area contributed by atoms with Crippen LogP contribution in [0.4, 0.5) is 23.0 Å². The van der Waals surface area contributed by atoms with Crippen LogP contribution in [0.1, 0.15) is 11.4 Å². The molecular weight excluding hydrogens is 414 g/mol. The molecule has 2 N–H and O–H groups in total. The minimum Gasteiger partial charge on any atom is -0.378 e. The molecule has 1 aliphatic heterocycles. The fourth-order valence-corrected chi connectivity index (χ4v) is 4.50. The number of hydrogen-bond donors (Lipinski definition) is 2. The van der Waals surface area contributed by atoms with Crippen molar-refractivity contribution in [1.29, 1.82) is 0 Å². The number of ether oxygens (including phenoxy) is 1. The summed E-state index contributed by atoms with van der Waals surface area (Å²) in [7, 11) is -3.64. The van der Waals surface area contributed by atoms with Gasteiger partial charge in [0.15, 0.2) is 0 Å². The molecule has 0 atom stereocenters. The first-order valence-electron chi connectivity index (χ1n) is 10.0. The predicted molar refractivity (Wildman–Crippen MR) is 122 cm³/mol. The van der Waals surface area contributed by atoms with Crippen molar-refractivity contribution in [3.05, 3.63) is 66.0 Å². The molecule has 162 valence electrons. The van der Waals surface area contributed by atoms with Gasteiger partial charge in [-0.25, -0.2) is 18.4 Å². The van der Waals surface area contributed by atoms with E-state index in [-0.39, 0.29) is 4.90 Å². The van der Waals surface area contributed by atoms with E-state index < -0.39 is 10.0 Å². The van der Waals surface area contributed by atoms with Gasteiger partial charge in [-0.15, -0.1) is 0 Å². The van der Waals surface area contributed by atoms with Gasteiger partial charge in [-0.2, -0.15) is 0 Å². The number of benzene rings is 2. The van der Waals surface area contributed by atoms with Crippen LogP contribution in [0.5, 0.6) is 0 Å². The van der Waals surface area contributed by atoms with Crippen LogP contribution in [-0.2, 0) is 14.8 Å². The second-order valence-electron chi connectivity index (χ2n) is 7.38. The maximum atomic E-state index is 12.6. The van der Waals surface area contributed by atoms with E-state index in [0.29, 0.717) is 30.5 Å². The zero-order valence-corrected chi connectivity index (χ0v) is 18.3. The van der Waals surface area contributed by atoms with Crippen LogP contribution in [0.15, 0.2) is 59.5 Å². The Morgan fingerprint density at radius 1 is 0.935 bits per heavy atom. The van der Waals surface area contributed by atoms with Crippen LogP contribution in [0.25, 0.3) is 0 Å². The number of anilines is 4. The summed E-state index contributed by atoms with van der Waals surface area (Å²) >= 11 is 0. The van der Waals surface area contributed by atoms with Gasteiger partial charge in [0.05, 0.1) is 18.1 Å². The third kappa shape index (κ3) is 5.31. The summed E-state index contributed by atoms with van der Waals surface area (Å²) in [6, 6.07) is 15.8. The molecule has 0 spiro atoms. The molecule has 2 aromatic carbocycles. The number of hydrogen-bond acceptors (Lipinski definition) is 7. The van der Waals surface area contributed by atoms with Gasteiger partial charge in [-0.3, -0.25) is 4.72 Å². The second kappa shape index (κ2) is 8.91. The Morgan fingerprint density at radius 2 is 1.65 bits per heavy atom. The molecule has 1 aromatic heterocycles. The van der Waals surface area contributed by atoms with E-state index >= 15 is 0 Å². The molecule has 0 aliphatic carbocycles. The summed E-state index contributed by atoms with van der Waals surface area (Å²) in [5, 5.41) is 3.27. The molecule has 0 bridgehead atoms. The van der Waals surface area contributed by atoms with E-state index in [2.05, 4.69) is 24.9 Å². The number of aromatic nitrogens is 2. The summed E-state index contributed by atoms with van der Waals surface area (Å²) in [5.41, 5.74) is 2.17. The van der Waals surface area contributed by atoms with Gasteiger partial charge in [0.25, 0.3) is 10.0 Å². The number of rotatable bonds is 6. The van der Waals surface area contributed by atoms with Crippen molar-refractivity contribution in [2.24, 2.45) is 0 Å². The first kappa shape index (κ1) is 21.1. The molecular formula is C22H25N5O3S. The maximum absolute atomic E-state index is 12.6. The molecule has 0 unspecified atom stereocenters. The monoisotopic (exact) mass is 439 g/mol. The lowest BCUT2D eigenvalue weighted by atomic mass is 10.2. The molecule has 3 aromatic rings. The van der Waals surface area contributed by atoms with E-state index in [1.807, 2.05) is 26.0 Å². The summed E-state index contributed by atoms with van der Waals surface area (Å²) in [5.74, 6) is 2.22. The standard InChI is InChI=1S/C22H25N5O3S/c1-16-4-3-5-20(14-16)31(28,29)26-19-8-6-18(7-9-19)25-21-15-22(24-17(2)23-21)27-10-12-30-13-11-27/h3-9,14-15,26H,10-13H2,1-2H3,(H,23,24,25). The zero-order chi connectivity index (χ0) is 21.8. The Balaban J connectivity index is 1.47. The Bertz CT molecular complexity index is 1160. The molecule has 2 heterocycles. The molecule has 31 heavy (non-hydrogen) atoms.